The third-order valence-corrected chi connectivity index (χ3v) is 3.67. The van der Waals surface area contributed by atoms with Crippen molar-refractivity contribution in [3.63, 3.8) is 0 Å². The lowest BCUT2D eigenvalue weighted by atomic mass is 9.79. The Morgan fingerprint density at radius 3 is 2.59 bits per heavy atom. The molecule has 0 unspecified atom stereocenters. The second-order valence-electron chi connectivity index (χ2n) is 4.93. The molecule has 94 valence electrons. The van der Waals surface area contributed by atoms with Gasteiger partial charge in [-0.15, -0.1) is 0 Å². The molecule has 0 amide bonds. The van der Waals surface area contributed by atoms with Gasteiger partial charge in [-0.2, -0.15) is 0 Å². The zero-order valence-electron chi connectivity index (χ0n) is 10.2. The Morgan fingerprint density at radius 2 is 2.00 bits per heavy atom. The number of aliphatic hydroxyl groups is 1. The van der Waals surface area contributed by atoms with Gasteiger partial charge in [0.1, 0.15) is 5.82 Å². The summed E-state index contributed by atoms with van der Waals surface area (Å²) in [5.41, 5.74) is -0.164. The molecular formula is C14H19FO2. The Kier molecular flexibility index (Phi) is 3.79. The van der Waals surface area contributed by atoms with Gasteiger partial charge < -0.3 is 9.84 Å². The summed E-state index contributed by atoms with van der Waals surface area (Å²) in [6.07, 6.45) is 3.70. The standard InChI is InChI=1S/C14H19FO2/c1-17-12-6-8-14(16,9-7-12)10-11-4-2-3-5-13(11)15/h2-5,12,16H,6-10H2,1H3. The van der Waals surface area contributed by atoms with Gasteiger partial charge in [-0.05, 0) is 37.3 Å². The van der Waals surface area contributed by atoms with Gasteiger partial charge in [-0.1, -0.05) is 18.2 Å². The monoisotopic (exact) mass is 238 g/mol. The number of rotatable bonds is 3. The molecule has 0 bridgehead atoms. The van der Waals surface area contributed by atoms with Crippen LogP contribution in [0.25, 0.3) is 0 Å². The van der Waals surface area contributed by atoms with Gasteiger partial charge in [-0.3, -0.25) is 0 Å². The second-order valence-corrected chi connectivity index (χ2v) is 4.93. The minimum atomic E-state index is -0.767. The molecule has 3 heteroatoms. The summed E-state index contributed by atoms with van der Waals surface area (Å²) >= 11 is 0. The number of methoxy groups -OCH3 is 1. The molecule has 0 radical (unpaired) electrons. The fourth-order valence-electron chi connectivity index (χ4n) is 2.54. The van der Waals surface area contributed by atoms with Gasteiger partial charge >= 0.3 is 0 Å². The maximum Gasteiger partial charge on any atom is 0.126 e. The second kappa shape index (κ2) is 5.15. The van der Waals surface area contributed by atoms with Crippen molar-refractivity contribution >= 4 is 0 Å². The first-order valence-electron chi connectivity index (χ1n) is 6.11. The normalized spacial score (nSPS) is 29.2. The van der Waals surface area contributed by atoms with E-state index in [0.29, 0.717) is 24.8 Å². The Labute approximate surface area is 101 Å². The minimum absolute atomic E-state index is 0.227. The van der Waals surface area contributed by atoms with E-state index in [1.807, 2.05) is 6.07 Å². The van der Waals surface area contributed by atoms with Crippen molar-refractivity contribution in [3.05, 3.63) is 35.6 Å². The van der Waals surface area contributed by atoms with Crippen molar-refractivity contribution < 1.29 is 14.2 Å². The van der Waals surface area contributed by atoms with Crippen LogP contribution in [0.4, 0.5) is 4.39 Å². The van der Waals surface area contributed by atoms with Crippen molar-refractivity contribution in [2.24, 2.45) is 0 Å². The predicted molar refractivity (Wildman–Crippen MR) is 64.3 cm³/mol. The molecule has 2 nitrogen and oxygen atoms in total. The molecule has 0 aromatic heterocycles. The van der Waals surface area contributed by atoms with E-state index >= 15 is 0 Å². The zero-order chi connectivity index (χ0) is 12.3. The molecule has 1 fully saturated rings. The van der Waals surface area contributed by atoms with Gasteiger partial charge in [0.2, 0.25) is 0 Å². The molecule has 1 aromatic rings. The van der Waals surface area contributed by atoms with E-state index < -0.39 is 5.60 Å². The van der Waals surface area contributed by atoms with Gasteiger partial charge in [-0.25, -0.2) is 4.39 Å². The topological polar surface area (TPSA) is 29.5 Å². The third kappa shape index (κ3) is 3.05. The molecule has 1 aromatic carbocycles. The molecule has 0 heterocycles. The van der Waals surface area contributed by atoms with E-state index in [1.165, 1.54) is 6.07 Å². The number of halogens is 1. The molecule has 0 spiro atoms. The molecule has 0 aliphatic heterocycles. The van der Waals surface area contributed by atoms with Crippen LogP contribution in [0.15, 0.2) is 24.3 Å². The smallest absolute Gasteiger partial charge is 0.126 e. The van der Waals surface area contributed by atoms with E-state index in [1.54, 1.807) is 19.2 Å². The highest BCUT2D eigenvalue weighted by atomic mass is 19.1. The fraction of sp³-hybridized carbons (Fsp3) is 0.571. The van der Waals surface area contributed by atoms with E-state index in [-0.39, 0.29) is 11.9 Å². The van der Waals surface area contributed by atoms with E-state index in [0.717, 1.165) is 12.8 Å². The summed E-state index contributed by atoms with van der Waals surface area (Å²) in [4.78, 5) is 0. The van der Waals surface area contributed by atoms with Crippen LogP contribution in [0.2, 0.25) is 0 Å². The first-order valence-corrected chi connectivity index (χ1v) is 6.11. The van der Waals surface area contributed by atoms with Crippen molar-refractivity contribution in [1.82, 2.24) is 0 Å². The highest BCUT2D eigenvalue weighted by molar-refractivity contribution is 5.19. The number of hydrogen-bond donors (Lipinski definition) is 1. The van der Waals surface area contributed by atoms with Crippen molar-refractivity contribution in [3.8, 4) is 0 Å². The van der Waals surface area contributed by atoms with Crippen LogP contribution >= 0.6 is 0 Å². The lowest BCUT2D eigenvalue weighted by Crippen LogP contribution is -2.38. The lowest BCUT2D eigenvalue weighted by molar-refractivity contribution is -0.0431. The first kappa shape index (κ1) is 12.5. The molecule has 1 aliphatic rings. The summed E-state index contributed by atoms with van der Waals surface area (Å²) < 4.78 is 18.8. The Balaban J connectivity index is 2.01. The van der Waals surface area contributed by atoms with E-state index in [9.17, 15) is 9.50 Å². The summed E-state index contributed by atoms with van der Waals surface area (Å²) in [7, 11) is 1.70. The lowest BCUT2D eigenvalue weighted by Gasteiger charge is -2.35. The van der Waals surface area contributed by atoms with Crippen molar-refractivity contribution in [1.29, 1.82) is 0 Å². The molecule has 2 rings (SSSR count). The summed E-state index contributed by atoms with van der Waals surface area (Å²) in [6.45, 7) is 0. The zero-order valence-corrected chi connectivity index (χ0v) is 10.2. The molecule has 1 saturated carbocycles. The summed E-state index contributed by atoms with van der Waals surface area (Å²) in [6, 6.07) is 6.67. The molecule has 1 aliphatic carbocycles. The highest BCUT2D eigenvalue weighted by Crippen LogP contribution is 2.32. The number of hydrogen-bond acceptors (Lipinski definition) is 2. The van der Waals surface area contributed by atoms with E-state index in [4.69, 9.17) is 4.74 Å². The van der Waals surface area contributed by atoms with Crippen LogP contribution in [-0.2, 0) is 11.2 Å². The fourth-order valence-corrected chi connectivity index (χ4v) is 2.54. The van der Waals surface area contributed by atoms with Crippen LogP contribution in [-0.4, -0.2) is 23.9 Å². The minimum Gasteiger partial charge on any atom is -0.390 e. The number of benzene rings is 1. The van der Waals surface area contributed by atoms with Crippen molar-refractivity contribution in [2.45, 2.75) is 43.8 Å². The van der Waals surface area contributed by atoms with Crippen LogP contribution in [0.1, 0.15) is 31.2 Å². The quantitative estimate of drug-likeness (QED) is 0.877. The van der Waals surface area contributed by atoms with Crippen LogP contribution in [0, 0.1) is 5.82 Å². The summed E-state index contributed by atoms with van der Waals surface area (Å²) in [5.74, 6) is -0.227. The Morgan fingerprint density at radius 1 is 1.35 bits per heavy atom. The average molecular weight is 238 g/mol. The van der Waals surface area contributed by atoms with Crippen LogP contribution in [0.5, 0.6) is 0 Å². The molecule has 17 heavy (non-hydrogen) atoms. The highest BCUT2D eigenvalue weighted by Gasteiger charge is 2.33. The number of ether oxygens (including phenoxy) is 1. The Bertz CT molecular complexity index is 370. The van der Waals surface area contributed by atoms with Crippen LogP contribution < -0.4 is 0 Å². The Hall–Kier alpha value is -0.930. The maximum atomic E-state index is 13.5. The van der Waals surface area contributed by atoms with Gasteiger partial charge in [0.05, 0.1) is 11.7 Å². The molecule has 0 saturated heterocycles. The molecule has 1 N–H and O–H groups in total. The SMILES string of the molecule is COC1CCC(O)(Cc2ccccc2F)CC1. The average Bonchev–Trinajstić information content (AvgIpc) is 2.33. The van der Waals surface area contributed by atoms with Gasteiger partial charge in [0.15, 0.2) is 0 Å². The molecular weight excluding hydrogens is 219 g/mol. The molecule has 0 atom stereocenters. The third-order valence-electron chi connectivity index (χ3n) is 3.67. The van der Waals surface area contributed by atoms with Crippen molar-refractivity contribution in [2.75, 3.05) is 7.11 Å². The first-order chi connectivity index (χ1) is 8.13. The predicted octanol–water partition coefficient (Wildman–Crippen LogP) is 2.69. The maximum absolute atomic E-state index is 13.5. The van der Waals surface area contributed by atoms with Gasteiger partial charge in [0.25, 0.3) is 0 Å². The largest absolute Gasteiger partial charge is 0.390 e. The van der Waals surface area contributed by atoms with E-state index in [2.05, 4.69) is 0 Å². The van der Waals surface area contributed by atoms with Crippen LogP contribution in [0.3, 0.4) is 0 Å². The van der Waals surface area contributed by atoms with Gasteiger partial charge in [0, 0.05) is 13.5 Å². The summed E-state index contributed by atoms with van der Waals surface area (Å²) in [5, 5.41) is 10.4.